The van der Waals surface area contributed by atoms with Crippen molar-refractivity contribution in [3.8, 4) is 0 Å². The smallest absolute Gasteiger partial charge is 0.425 e. The first kappa shape index (κ1) is 11.8. The number of sulfonamides is 1. The van der Waals surface area contributed by atoms with Crippen molar-refractivity contribution < 1.29 is 18.3 Å². The quantitative estimate of drug-likeness (QED) is 0.828. The largest absolute Gasteiger partial charge is 0.464 e. The third-order valence-electron chi connectivity index (χ3n) is 1.58. The van der Waals surface area contributed by atoms with Crippen molar-refractivity contribution in [2.45, 2.75) is 0 Å². The van der Waals surface area contributed by atoms with E-state index in [4.69, 9.17) is 16.7 Å². The van der Waals surface area contributed by atoms with Gasteiger partial charge in [-0.15, -0.1) is 11.6 Å². The average molecular weight is 250 g/mol. The van der Waals surface area contributed by atoms with E-state index < -0.39 is 21.3 Å². The summed E-state index contributed by atoms with van der Waals surface area (Å²) in [6, 6.07) is 7.47. The third kappa shape index (κ3) is 2.60. The van der Waals surface area contributed by atoms with Gasteiger partial charge in [0.2, 0.25) is 0 Å². The van der Waals surface area contributed by atoms with Gasteiger partial charge in [0.15, 0.2) is 0 Å². The Morgan fingerprint density at radius 3 is 2.27 bits per heavy atom. The summed E-state index contributed by atoms with van der Waals surface area (Å²) in [5, 5.41) is 8.00. The highest BCUT2D eigenvalue weighted by atomic mass is 35.5. The van der Waals surface area contributed by atoms with Crippen molar-refractivity contribution in [2.75, 3.05) is 9.52 Å². The molecule has 0 saturated heterocycles. The van der Waals surface area contributed by atoms with Crippen LogP contribution in [0.2, 0.25) is 0 Å². The van der Waals surface area contributed by atoms with Gasteiger partial charge in [0.1, 0.15) is 5.21 Å². The van der Waals surface area contributed by atoms with Crippen LogP contribution in [0.25, 0.3) is 0 Å². The SMILES string of the molecule is O=C(O)N(c1ccccc1)S(=O)(=O)CCl. The molecule has 1 N–H and O–H groups in total. The van der Waals surface area contributed by atoms with Gasteiger partial charge in [0.05, 0.1) is 5.69 Å². The third-order valence-corrected chi connectivity index (χ3v) is 3.61. The summed E-state index contributed by atoms with van der Waals surface area (Å²) >= 11 is 5.19. The number of benzene rings is 1. The summed E-state index contributed by atoms with van der Waals surface area (Å²) in [6.45, 7) is 0. The highest BCUT2D eigenvalue weighted by Gasteiger charge is 2.27. The molecule has 0 aliphatic carbocycles. The van der Waals surface area contributed by atoms with E-state index in [1.807, 2.05) is 0 Å². The number of nitrogens with zero attached hydrogens (tertiary/aromatic N) is 1. The van der Waals surface area contributed by atoms with E-state index in [0.29, 0.717) is 0 Å². The fourth-order valence-electron chi connectivity index (χ4n) is 1.00. The molecule has 15 heavy (non-hydrogen) atoms. The average Bonchev–Trinajstić information content (AvgIpc) is 2.18. The lowest BCUT2D eigenvalue weighted by Gasteiger charge is -2.17. The summed E-state index contributed by atoms with van der Waals surface area (Å²) in [7, 11) is -4.01. The minimum absolute atomic E-state index is 0.0469. The number of carboxylic acid groups (broad SMARTS) is 1. The molecule has 0 heterocycles. The molecule has 5 nitrogen and oxygen atoms in total. The number of amides is 1. The van der Waals surface area contributed by atoms with Gasteiger partial charge in [0.25, 0.3) is 10.0 Å². The first-order valence-corrected chi connectivity index (χ1v) is 6.00. The first-order valence-electron chi connectivity index (χ1n) is 3.86. The Kier molecular flexibility index (Phi) is 3.54. The first-order chi connectivity index (χ1) is 6.99. The zero-order valence-electron chi connectivity index (χ0n) is 7.50. The van der Waals surface area contributed by atoms with Crippen molar-refractivity contribution in [3.05, 3.63) is 30.3 Å². The maximum absolute atomic E-state index is 11.4. The van der Waals surface area contributed by atoms with Gasteiger partial charge in [-0.05, 0) is 12.1 Å². The number of alkyl halides is 1. The minimum atomic E-state index is -4.01. The van der Waals surface area contributed by atoms with Crippen LogP contribution in [0.3, 0.4) is 0 Å². The zero-order chi connectivity index (χ0) is 11.5. The monoisotopic (exact) mass is 249 g/mol. The number of hydrogen-bond acceptors (Lipinski definition) is 3. The normalized spacial score (nSPS) is 11.0. The van der Waals surface area contributed by atoms with Crippen LogP contribution in [0.15, 0.2) is 30.3 Å². The molecule has 82 valence electrons. The van der Waals surface area contributed by atoms with Gasteiger partial charge in [-0.3, -0.25) is 0 Å². The second kappa shape index (κ2) is 4.50. The molecule has 1 aromatic carbocycles. The number of para-hydroxylation sites is 1. The zero-order valence-corrected chi connectivity index (χ0v) is 9.07. The molecule has 0 fully saturated rings. The fourth-order valence-corrected chi connectivity index (χ4v) is 2.07. The number of hydrogen-bond donors (Lipinski definition) is 1. The Hall–Kier alpha value is -1.27. The van der Waals surface area contributed by atoms with Crippen molar-refractivity contribution in [3.63, 3.8) is 0 Å². The second-order valence-corrected chi connectivity index (χ2v) is 5.01. The molecule has 0 aliphatic rings. The Morgan fingerprint density at radius 1 is 1.33 bits per heavy atom. The van der Waals surface area contributed by atoms with E-state index in [-0.39, 0.29) is 9.99 Å². The lowest BCUT2D eigenvalue weighted by Crippen LogP contribution is -2.36. The molecule has 1 rings (SSSR count). The number of halogens is 1. The van der Waals surface area contributed by atoms with Crippen molar-refractivity contribution in [2.24, 2.45) is 0 Å². The van der Waals surface area contributed by atoms with Crippen LogP contribution in [-0.4, -0.2) is 24.8 Å². The van der Waals surface area contributed by atoms with Crippen molar-refractivity contribution >= 4 is 33.4 Å². The fraction of sp³-hybridized carbons (Fsp3) is 0.125. The minimum Gasteiger partial charge on any atom is -0.464 e. The Morgan fingerprint density at radius 2 is 1.87 bits per heavy atom. The van der Waals surface area contributed by atoms with Gasteiger partial charge in [-0.25, -0.2) is 13.2 Å². The molecular formula is C8H8ClNO4S. The van der Waals surface area contributed by atoms with Gasteiger partial charge in [-0.1, -0.05) is 18.2 Å². The van der Waals surface area contributed by atoms with Crippen LogP contribution in [0.5, 0.6) is 0 Å². The maximum atomic E-state index is 11.4. The molecule has 7 heteroatoms. The Balaban J connectivity index is 3.23. The molecule has 0 unspecified atom stereocenters. The van der Waals surface area contributed by atoms with Crippen LogP contribution in [0.4, 0.5) is 10.5 Å². The molecule has 0 saturated carbocycles. The lowest BCUT2D eigenvalue weighted by molar-refractivity contribution is 0.206. The molecule has 0 bridgehead atoms. The predicted octanol–water partition coefficient (Wildman–Crippen LogP) is 1.70. The highest BCUT2D eigenvalue weighted by molar-refractivity contribution is 7.94. The van der Waals surface area contributed by atoms with E-state index in [2.05, 4.69) is 0 Å². The summed E-state index contributed by atoms with van der Waals surface area (Å²) in [6.07, 6.45) is -1.58. The predicted molar refractivity (Wildman–Crippen MR) is 56.6 cm³/mol. The second-order valence-electron chi connectivity index (χ2n) is 2.60. The van der Waals surface area contributed by atoms with E-state index in [1.54, 1.807) is 6.07 Å². The number of anilines is 1. The molecule has 0 spiro atoms. The molecule has 1 amide bonds. The number of carbonyl (C=O) groups is 1. The maximum Gasteiger partial charge on any atom is 0.425 e. The molecule has 1 aromatic rings. The summed E-state index contributed by atoms with van der Waals surface area (Å²) < 4.78 is 23.0. The molecule has 0 radical (unpaired) electrons. The van der Waals surface area contributed by atoms with Crippen LogP contribution in [0.1, 0.15) is 0 Å². The van der Waals surface area contributed by atoms with E-state index in [1.165, 1.54) is 24.3 Å². The lowest BCUT2D eigenvalue weighted by atomic mass is 10.3. The van der Waals surface area contributed by atoms with Crippen molar-refractivity contribution in [1.82, 2.24) is 0 Å². The highest BCUT2D eigenvalue weighted by Crippen LogP contribution is 2.18. The van der Waals surface area contributed by atoms with Crippen LogP contribution >= 0.6 is 11.6 Å². The Bertz CT molecular complexity index is 445. The molecule has 0 atom stereocenters. The summed E-state index contributed by atoms with van der Waals surface area (Å²) in [4.78, 5) is 10.8. The molecular weight excluding hydrogens is 242 g/mol. The summed E-state index contributed by atoms with van der Waals surface area (Å²) in [5.41, 5.74) is 0.0469. The van der Waals surface area contributed by atoms with E-state index >= 15 is 0 Å². The molecule has 0 aliphatic heterocycles. The van der Waals surface area contributed by atoms with Crippen LogP contribution < -0.4 is 4.31 Å². The van der Waals surface area contributed by atoms with E-state index in [9.17, 15) is 13.2 Å². The number of rotatable bonds is 3. The van der Waals surface area contributed by atoms with E-state index in [0.717, 1.165) is 0 Å². The van der Waals surface area contributed by atoms with Gasteiger partial charge in [0, 0.05) is 0 Å². The van der Waals surface area contributed by atoms with Gasteiger partial charge in [-0.2, -0.15) is 4.31 Å². The standard InChI is InChI=1S/C8H8ClNO4S/c9-6-15(13,14)10(8(11)12)7-4-2-1-3-5-7/h1-5H,6H2,(H,11,12). The summed E-state index contributed by atoms with van der Waals surface area (Å²) in [5.74, 6) is 0. The van der Waals surface area contributed by atoms with Gasteiger partial charge >= 0.3 is 6.09 Å². The Labute approximate surface area is 91.9 Å². The van der Waals surface area contributed by atoms with Crippen molar-refractivity contribution in [1.29, 1.82) is 0 Å². The van der Waals surface area contributed by atoms with Gasteiger partial charge < -0.3 is 5.11 Å². The topological polar surface area (TPSA) is 74.7 Å². The van der Waals surface area contributed by atoms with Crippen LogP contribution in [-0.2, 0) is 10.0 Å². The van der Waals surface area contributed by atoms with Crippen LogP contribution in [0, 0.1) is 0 Å². The molecule has 0 aromatic heterocycles.